The molecule has 238 valence electrons. The zero-order valence-corrected chi connectivity index (χ0v) is 25.2. The van der Waals surface area contributed by atoms with Crippen molar-refractivity contribution < 1.29 is 32.7 Å². The van der Waals surface area contributed by atoms with Crippen LogP contribution in [-0.2, 0) is 14.4 Å². The number of rotatable bonds is 11. The molecule has 0 radical (unpaired) electrons. The van der Waals surface area contributed by atoms with E-state index in [0.29, 0.717) is 42.9 Å². The van der Waals surface area contributed by atoms with Gasteiger partial charge in [0.2, 0.25) is 18.2 Å². The predicted molar refractivity (Wildman–Crippen MR) is 161 cm³/mol. The number of para-hydroxylation sites is 1. The summed E-state index contributed by atoms with van der Waals surface area (Å²) in [5.74, 6) is -1.75. The van der Waals surface area contributed by atoms with E-state index in [4.69, 9.17) is 25.1 Å². The van der Waals surface area contributed by atoms with Crippen LogP contribution in [0.1, 0.15) is 27.6 Å². The highest BCUT2D eigenvalue weighted by molar-refractivity contribution is 5.96. The van der Waals surface area contributed by atoms with Gasteiger partial charge in [0.25, 0.3) is 5.91 Å². The quantitative estimate of drug-likeness (QED) is 0.167. The highest BCUT2D eigenvalue weighted by atomic mass is 19.2. The number of aromatic nitrogens is 4. The number of pyridine rings is 2. The van der Waals surface area contributed by atoms with E-state index >= 15 is 0 Å². The lowest BCUT2D eigenvalue weighted by atomic mass is 10.1. The Morgan fingerprint density at radius 1 is 1.18 bits per heavy atom. The van der Waals surface area contributed by atoms with E-state index in [1.165, 1.54) is 13.3 Å². The maximum Gasteiger partial charge on any atom is 0.254 e. The van der Waals surface area contributed by atoms with Gasteiger partial charge in [-0.1, -0.05) is 18.2 Å². The first-order valence-electron chi connectivity index (χ1n) is 13.8. The van der Waals surface area contributed by atoms with E-state index in [0.717, 1.165) is 23.1 Å². The van der Waals surface area contributed by atoms with Crippen LogP contribution >= 0.6 is 0 Å². The molecule has 1 fully saturated rings. The van der Waals surface area contributed by atoms with Gasteiger partial charge in [0.15, 0.2) is 5.82 Å². The molecular weight excluding hydrogens is 590 g/mol. The summed E-state index contributed by atoms with van der Waals surface area (Å²) in [5.41, 5.74) is 9.29. The van der Waals surface area contributed by atoms with Gasteiger partial charge < -0.3 is 25.8 Å². The fraction of sp³-hybridized carbons (Fsp3) is 0.300. The minimum absolute atomic E-state index is 0.199. The second-order valence-corrected chi connectivity index (χ2v) is 9.80. The van der Waals surface area contributed by atoms with Crippen molar-refractivity contribution in [3.05, 3.63) is 83.3 Å². The number of halogens is 2. The van der Waals surface area contributed by atoms with E-state index in [-0.39, 0.29) is 17.5 Å². The topological polar surface area (TPSA) is 159 Å². The van der Waals surface area contributed by atoms with Crippen LogP contribution in [0.4, 0.5) is 14.6 Å². The maximum absolute atomic E-state index is 13.2. The van der Waals surface area contributed by atoms with Crippen LogP contribution in [0.3, 0.4) is 0 Å². The molecule has 2 amide bonds. The van der Waals surface area contributed by atoms with Gasteiger partial charge in [0.1, 0.15) is 17.5 Å². The summed E-state index contributed by atoms with van der Waals surface area (Å²) in [6.45, 7) is 3.34. The third kappa shape index (κ3) is 7.57. The molecule has 1 aliphatic heterocycles. The largest absolute Gasteiger partial charge is 0.480 e. The van der Waals surface area contributed by atoms with Crippen molar-refractivity contribution >= 4 is 18.1 Å². The summed E-state index contributed by atoms with van der Waals surface area (Å²) in [7, 11) is 4.85. The normalized spacial score (nSPS) is 16.0. The van der Waals surface area contributed by atoms with Gasteiger partial charge in [-0.25, -0.2) is 19.0 Å². The molecule has 3 aromatic heterocycles. The Hall–Kier alpha value is -4.99. The highest BCUT2D eigenvalue weighted by Gasteiger charge is 2.35. The van der Waals surface area contributed by atoms with Crippen molar-refractivity contribution in [2.45, 2.75) is 19.1 Å². The molecule has 1 saturated heterocycles. The van der Waals surface area contributed by atoms with Crippen molar-refractivity contribution in [1.29, 1.82) is 0 Å². The van der Waals surface area contributed by atoms with Crippen molar-refractivity contribution in [1.82, 2.24) is 30.1 Å². The number of hydrogen-bond acceptors (Lipinski definition) is 10. The Kier molecular flexibility index (Phi) is 11.1. The number of amides is 2. The molecule has 2 atom stereocenters. The van der Waals surface area contributed by atoms with Gasteiger partial charge >= 0.3 is 0 Å². The molecule has 1 aromatic carbocycles. The molecular formula is C30H34F2N8O5. The molecule has 45 heavy (non-hydrogen) atoms. The van der Waals surface area contributed by atoms with Gasteiger partial charge in [0, 0.05) is 56.3 Å². The number of benzene rings is 1. The van der Waals surface area contributed by atoms with Crippen molar-refractivity contribution in [2.75, 3.05) is 46.3 Å². The Balaban J connectivity index is 0.000000210. The summed E-state index contributed by atoms with van der Waals surface area (Å²) < 4.78 is 37.9. The second kappa shape index (κ2) is 15.1. The lowest BCUT2D eigenvalue weighted by Crippen LogP contribution is -2.35. The third-order valence-electron chi connectivity index (χ3n) is 6.94. The minimum atomic E-state index is -1.16. The Labute approximate surface area is 258 Å². The van der Waals surface area contributed by atoms with E-state index < -0.39 is 23.8 Å². The Bertz CT molecular complexity index is 1620. The van der Waals surface area contributed by atoms with Crippen LogP contribution < -0.4 is 21.1 Å². The maximum atomic E-state index is 13.2. The molecule has 13 nitrogen and oxygen atoms in total. The number of primary amides is 1. The first-order valence-corrected chi connectivity index (χ1v) is 13.8. The molecule has 0 spiro atoms. The first-order chi connectivity index (χ1) is 21.7. The third-order valence-corrected chi connectivity index (χ3v) is 6.94. The van der Waals surface area contributed by atoms with Gasteiger partial charge in [-0.2, -0.15) is 14.6 Å². The predicted octanol–water partition coefficient (Wildman–Crippen LogP) is 2.80. The zero-order chi connectivity index (χ0) is 32.5. The average Bonchev–Trinajstić information content (AvgIpc) is 3.61. The monoisotopic (exact) mass is 624 g/mol. The van der Waals surface area contributed by atoms with Crippen molar-refractivity contribution in [3.8, 4) is 22.8 Å². The number of hydrogen-bond donors (Lipinski definition) is 3. The fourth-order valence-electron chi connectivity index (χ4n) is 4.78. The van der Waals surface area contributed by atoms with Gasteiger partial charge in [-0.3, -0.25) is 14.4 Å². The van der Waals surface area contributed by atoms with Crippen LogP contribution in [0.2, 0.25) is 0 Å². The number of hydroxylamine groups is 2. The van der Waals surface area contributed by atoms with E-state index in [9.17, 15) is 18.4 Å². The molecule has 1 aliphatic rings. The summed E-state index contributed by atoms with van der Waals surface area (Å²) in [5, 5.41) is 12.1. The summed E-state index contributed by atoms with van der Waals surface area (Å²) in [6.07, 6.45) is 2.76. The molecule has 0 aliphatic carbocycles. The van der Waals surface area contributed by atoms with Crippen LogP contribution in [0, 0.1) is 18.7 Å². The Morgan fingerprint density at radius 3 is 2.56 bits per heavy atom. The van der Waals surface area contributed by atoms with Gasteiger partial charge in [-0.15, -0.1) is 0 Å². The molecule has 0 bridgehead atoms. The molecule has 15 heteroatoms. The van der Waals surface area contributed by atoms with E-state index in [1.807, 2.05) is 49.0 Å². The number of methoxy groups -OCH3 is 2. The summed E-state index contributed by atoms with van der Waals surface area (Å²) in [4.78, 5) is 35.4. The smallest absolute Gasteiger partial charge is 0.254 e. The summed E-state index contributed by atoms with van der Waals surface area (Å²) in [6, 6.07) is 12.1. The molecule has 0 saturated carbocycles. The lowest BCUT2D eigenvalue weighted by Gasteiger charge is -2.17. The molecule has 4 heterocycles. The molecule has 0 unspecified atom stereocenters. The van der Waals surface area contributed by atoms with Crippen molar-refractivity contribution in [3.63, 3.8) is 0 Å². The SMILES string of the molecule is CNc1c(C)c(-c2cnc(OC)c(C(N)=O)c2)nn1-c1ccccc1.COCCN1C[C@@H](NC=O)[C@H](c2cnc(F)c(F)c2)O1. The van der Waals surface area contributed by atoms with Crippen LogP contribution in [0.5, 0.6) is 5.88 Å². The zero-order valence-electron chi connectivity index (χ0n) is 25.2. The average molecular weight is 625 g/mol. The Morgan fingerprint density at radius 2 is 1.93 bits per heavy atom. The van der Waals surface area contributed by atoms with E-state index in [1.54, 1.807) is 24.4 Å². The first kappa shape index (κ1) is 32.9. The number of nitrogens with one attached hydrogen (secondary N) is 2. The molecule has 4 aromatic rings. The number of anilines is 1. The minimum Gasteiger partial charge on any atom is -0.480 e. The number of ether oxygens (including phenoxy) is 2. The van der Waals surface area contributed by atoms with Crippen LogP contribution in [0.25, 0.3) is 16.9 Å². The van der Waals surface area contributed by atoms with Crippen molar-refractivity contribution in [2.24, 2.45) is 5.73 Å². The molecule has 5 rings (SSSR count). The number of carbonyl (C=O) groups excluding carboxylic acids is 2. The molecule has 4 N–H and O–H groups in total. The van der Waals surface area contributed by atoms with Crippen LogP contribution in [0.15, 0.2) is 54.9 Å². The summed E-state index contributed by atoms with van der Waals surface area (Å²) >= 11 is 0. The standard InChI is InChI=1S/C18H19N5O2.C12H15F2N3O3/c1-11-15(12-9-14(16(19)24)18(25-3)21-10-12)22-23(17(11)20-2)13-7-5-4-6-8-13;1-19-3-2-17-6-10(16-7-18)11(20-17)8-4-9(13)12(14)15-5-8/h4-10,20H,1-3H3,(H2,19,24);4-5,7,10-11H,2-3,6H2,1H3,(H,16,18)/t;10-,11+/m.1/s1. The number of nitrogens with two attached hydrogens (primary N) is 1. The second-order valence-electron chi connectivity index (χ2n) is 9.80. The lowest BCUT2D eigenvalue weighted by molar-refractivity contribution is -0.154. The van der Waals surface area contributed by atoms with Gasteiger partial charge in [-0.05, 0) is 31.2 Å². The fourth-order valence-corrected chi connectivity index (χ4v) is 4.78. The number of carbonyl (C=O) groups is 2. The van der Waals surface area contributed by atoms with E-state index in [2.05, 4.69) is 20.6 Å². The highest BCUT2D eigenvalue weighted by Crippen LogP contribution is 2.32. The number of nitrogens with zero attached hydrogens (tertiary/aromatic N) is 5. The van der Waals surface area contributed by atoms with Crippen LogP contribution in [-0.4, -0.2) is 84.1 Å². The van der Waals surface area contributed by atoms with Gasteiger partial charge in [0.05, 0.1) is 31.1 Å².